The number of ether oxygens (including phenoxy) is 1. The number of likely N-dealkylation sites (tertiary alicyclic amines) is 1. The highest BCUT2D eigenvalue weighted by atomic mass is 16.5. The van der Waals surface area contributed by atoms with Crippen LogP contribution in [0.2, 0.25) is 0 Å². The second-order valence-corrected chi connectivity index (χ2v) is 9.85. The van der Waals surface area contributed by atoms with Gasteiger partial charge in [0.05, 0.1) is 25.2 Å². The van der Waals surface area contributed by atoms with Gasteiger partial charge in [-0.25, -0.2) is 4.98 Å². The zero-order chi connectivity index (χ0) is 24.9. The highest BCUT2D eigenvalue weighted by molar-refractivity contribution is 5.93. The van der Waals surface area contributed by atoms with Crippen molar-refractivity contribution in [2.45, 2.75) is 51.9 Å². The van der Waals surface area contributed by atoms with Crippen LogP contribution in [0.25, 0.3) is 0 Å². The summed E-state index contributed by atoms with van der Waals surface area (Å²) < 4.78 is 8.14. The van der Waals surface area contributed by atoms with Gasteiger partial charge < -0.3 is 19.5 Å². The van der Waals surface area contributed by atoms with Crippen LogP contribution in [-0.2, 0) is 29.1 Å². The maximum Gasteiger partial charge on any atom is 0.274 e. The molecule has 3 aromatic rings. The van der Waals surface area contributed by atoms with Crippen LogP contribution < -0.4 is 5.32 Å². The molecule has 1 saturated heterocycles. The van der Waals surface area contributed by atoms with Crippen molar-refractivity contribution in [3.8, 4) is 0 Å². The van der Waals surface area contributed by atoms with E-state index in [-0.39, 0.29) is 23.8 Å². The molecule has 7 heteroatoms. The predicted molar refractivity (Wildman–Crippen MR) is 137 cm³/mol. The summed E-state index contributed by atoms with van der Waals surface area (Å²) in [6, 6.07) is 18.7. The van der Waals surface area contributed by atoms with E-state index in [2.05, 4.69) is 53.6 Å². The Balaban J connectivity index is 1.10. The fourth-order valence-corrected chi connectivity index (χ4v) is 5.08. The number of nitrogens with one attached hydrogen (secondary N) is 1. The van der Waals surface area contributed by atoms with Crippen LogP contribution in [0.15, 0.2) is 60.9 Å². The third-order valence-electron chi connectivity index (χ3n) is 7.32. The summed E-state index contributed by atoms with van der Waals surface area (Å²) in [5.41, 5.74) is 4.95. The first kappa shape index (κ1) is 24.3. The lowest BCUT2D eigenvalue weighted by Crippen LogP contribution is -2.43. The Hall–Kier alpha value is -3.45. The number of carbonyl (C=O) groups excluding carboxylic acids is 2. The van der Waals surface area contributed by atoms with Crippen LogP contribution in [0.3, 0.4) is 0 Å². The molecule has 2 aliphatic rings. The summed E-state index contributed by atoms with van der Waals surface area (Å²) in [6.45, 7) is 4.89. The number of benzene rings is 2. The molecule has 1 aromatic heterocycles. The van der Waals surface area contributed by atoms with Crippen molar-refractivity contribution in [2.24, 2.45) is 5.92 Å². The molecule has 1 fully saturated rings. The van der Waals surface area contributed by atoms with Gasteiger partial charge in [0, 0.05) is 25.6 Å². The van der Waals surface area contributed by atoms with E-state index < -0.39 is 0 Å². The molecule has 0 bridgehead atoms. The molecule has 36 heavy (non-hydrogen) atoms. The van der Waals surface area contributed by atoms with Gasteiger partial charge in [-0.05, 0) is 43.7 Å². The Morgan fingerprint density at radius 2 is 1.81 bits per heavy atom. The molecule has 0 saturated carbocycles. The maximum absolute atomic E-state index is 13.2. The molecule has 3 heterocycles. The molecule has 0 spiro atoms. The van der Waals surface area contributed by atoms with Crippen molar-refractivity contribution in [1.29, 1.82) is 0 Å². The number of nitrogens with zero attached hydrogens (tertiary/aromatic N) is 3. The molecule has 5 rings (SSSR count). The van der Waals surface area contributed by atoms with Crippen LogP contribution in [0.4, 0.5) is 0 Å². The average molecular weight is 487 g/mol. The molecule has 2 amide bonds. The Morgan fingerprint density at radius 1 is 1.06 bits per heavy atom. The number of piperidine rings is 1. The van der Waals surface area contributed by atoms with Gasteiger partial charge in [-0.15, -0.1) is 0 Å². The minimum atomic E-state index is -0.0668. The van der Waals surface area contributed by atoms with E-state index in [0.717, 1.165) is 24.1 Å². The lowest BCUT2D eigenvalue weighted by molar-refractivity contribution is -0.126. The van der Waals surface area contributed by atoms with E-state index in [0.29, 0.717) is 51.3 Å². The van der Waals surface area contributed by atoms with Crippen molar-refractivity contribution >= 4 is 11.8 Å². The number of aromatic nitrogens is 2. The number of rotatable bonds is 7. The first-order valence-corrected chi connectivity index (χ1v) is 12.9. The molecule has 1 atom stereocenters. The van der Waals surface area contributed by atoms with E-state index in [9.17, 15) is 9.59 Å². The minimum absolute atomic E-state index is 0.0414. The summed E-state index contributed by atoms with van der Waals surface area (Å²) >= 11 is 0. The lowest BCUT2D eigenvalue weighted by atomic mass is 9.95. The Morgan fingerprint density at radius 3 is 2.56 bits per heavy atom. The second kappa shape index (κ2) is 11.1. The molecular formula is C29H34N4O3. The van der Waals surface area contributed by atoms with Crippen molar-refractivity contribution in [3.05, 3.63) is 89.0 Å². The number of fused-ring (bicyclic) bond motifs is 1. The van der Waals surface area contributed by atoms with Crippen molar-refractivity contribution in [1.82, 2.24) is 19.8 Å². The lowest BCUT2D eigenvalue weighted by Gasteiger charge is -2.31. The Labute approximate surface area is 212 Å². The number of hydrogen-bond donors (Lipinski definition) is 1. The zero-order valence-corrected chi connectivity index (χ0v) is 20.9. The number of amides is 2. The Bertz CT molecular complexity index is 1180. The standard InChI is InChI=1S/C29H34N4O3/c1-21-9-11-23(12-10-21)26-18-33-20-31-27(25(33)19-36-26)29(35)32-16-13-24(14-17-32)28(34)30-15-5-8-22-6-3-2-4-7-22/h2-4,6-7,9-12,20,24,26H,5,8,13-19H2,1H3,(H,30,34)/t26-/m0/s1. The number of hydrogen-bond acceptors (Lipinski definition) is 4. The highest BCUT2D eigenvalue weighted by Gasteiger charge is 2.32. The quantitative estimate of drug-likeness (QED) is 0.511. The van der Waals surface area contributed by atoms with Gasteiger partial charge in [-0.2, -0.15) is 0 Å². The van der Waals surface area contributed by atoms with Gasteiger partial charge in [0.2, 0.25) is 5.91 Å². The van der Waals surface area contributed by atoms with Crippen LogP contribution in [-0.4, -0.2) is 45.9 Å². The summed E-state index contributed by atoms with van der Waals surface area (Å²) in [7, 11) is 0. The van der Waals surface area contributed by atoms with E-state index in [1.54, 1.807) is 6.33 Å². The summed E-state index contributed by atoms with van der Waals surface area (Å²) in [5.74, 6) is -0.00628. The molecule has 0 aliphatic carbocycles. The molecule has 188 valence electrons. The van der Waals surface area contributed by atoms with Crippen LogP contribution in [0, 0.1) is 12.8 Å². The van der Waals surface area contributed by atoms with E-state index in [1.807, 2.05) is 27.7 Å². The largest absolute Gasteiger partial charge is 0.365 e. The first-order chi connectivity index (χ1) is 17.6. The fraction of sp³-hybridized carbons (Fsp3) is 0.414. The number of carbonyl (C=O) groups is 2. The third kappa shape index (κ3) is 5.51. The molecule has 1 N–H and O–H groups in total. The number of aryl methyl sites for hydroxylation is 2. The van der Waals surface area contributed by atoms with Gasteiger partial charge in [0.25, 0.3) is 5.91 Å². The SMILES string of the molecule is Cc1ccc([C@@H]2Cn3cnc(C(=O)N4CCC(C(=O)NCCCc5ccccc5)CC4)c3CO2)cc1. The van der Waals surface area contributed by atoms with Gasteiger partial charge in [0.1, 0.15) is 6.10 Å². The predicted octanol–water partition coefficient (Wildman–Crippen LogP) is 4.06. The molecule has 2 aromatic carbocycles. The van der Waals surface area contributed by atoms with Crippen LogP contribution >= 0.6 is 0 Å². The normalized spacial score (nSPS) is 18.0. The molecule has 0 unspecified atom stereocenters. The molecule has 2 aliphatic heterocycles. The van der Waals surface area contributed by atoms with E-state index in [1.165, 1.54) is 11.1 Å². The zero-order valence-electron chi connectivity index (χ0n) is 20.9. The topological polar surface area (TPSA) is 76.5 Å². The summed E-state index contributed by atoms with van der Waals surface area (Å²) in [4.78, 5) is 32.1. The van der Waals surface area contributed by atoms with Crippen molar-refractivity contribution in [2.75, 3.05) is 19.6 Å². The van der Waals surface area contributed by atoms with Crippen LogP contribution in [0.1, 0.15) is 58.2 Å². The average Bonchev–Trinajstić information content (AvgIpc) is 3.35. The summed E-state index contributed by atoms with van der Waals surface area (Å²) in [5, 5.41) is 3.08. The van der Waals surface area contributed by atoms with Gasteiger partial charge in [-0.1, -0.05) is 60.2 Å². The van der Waals surface area contributed by atoms with Gasteiger partial charge in [0.15, 0.2) is 5.69 Å². The summed E-state index contributed by atoms with van der Waals surface area (Å²) in [6.07, 6.45) is 4.94. The first-order valence-electron chi connectivity index (χ1n) is 12.9. The molecule has 7 nitrogen and oxygen atoms in total. The van der Waals surface area contributed by atoms with Crippen molar-refractivity contribution in [3.63, 3.8) is 0 Å². The molecule has 0 radical (unpaired) electrons. The minimum Gasteiger partial charge on any atom is -0.365 e. The number of imidazole rings is 1. The van der Waals surface area contributed by atoms with E-state index >= 15 is 0 Å². The van der Waals surface area contributed by atoms with Crippen LogP contribution in [0.5, 0.6) is 0 Å². The Kier molecular flexibility index (Phi) is 7.47. The van der Waals surface area contributed by atoms with Gasteiger partial charge in [-0.3, -0.25) is 9.59 Å². The monoisotopic (exact) mass is 486 g/mol. The smallest absolute Gasteiger partial charge is 0.274 e. The van der Waals surface area contributed by atoms with E-state index in [4.69, 9.17) is 4.74 Å². The fourth-order valence-electron chi connectivity index (χ4n) is 5.08. The maximum atomic E-state index is 13.2. The second-order valence-electron chi connectivity index (χ2n) is 9.85. The molecular weight excluding hydrogens is 452 g/mol. The third-order valence-corrected chi connectivity index (χ3v) is 7.32. The van der Waals surface area contributed by atoms with Crippen molar-refractivity contribution < 1.29 is 14.3 Å². The highest BCUT2D eigenvalue weighted by Crippen LogP contribution is 2.29. The van der Waals surface area contributed by atoms with Gasteiger partial charge >= 0.3 is 0 Å².